The monoisotopic (exact) mass is 326 g/mol. The van der Waals surface area contributed by atoms with Crippen LogP contribution in [0.15, 0.2) is 40.9 Å². The van der Waals surface area contributed by atoms with Gasteiger partial charge in [0, 0.05) is 27.5 Å². The highest BCUT2D eigenvalue weighted by molar-refractivity contribution is 9.10. The summed E-state index contributed by atoms with van der Waals surface area (Å²) in [6, 6.07) is 7.44. The summed E-state index contributed by atoms with van der Waals surface area (Å²) in [7, 11) is 0. The summed E-state index contributed by atoms with van der Waals surface area (Å²) in [6.07, 6.45) is 0. The molecular weight excluding hydrogens is 318 g/mol. The number of halogens is 3. The molecule has 0 saturated carbocycles. The second kappa shape index (κ2) is 5.36. The maximum absolute atomic E-state index is 13.0. The van der Waals surface area contributed by atoms with E-state index in [4.69, 9.17) is 5.73 Å². The second-order valence-electron chi connectivity index (χ2n) is 3.85. The maximum Gasteiger partial charge on any atom is 0.255 e. The molecular formula is C13H9BrF2N2O. The largest absolute Gasteiger partial charge is 0.398 e. The first kappa shape index (κ1) is 13.5. The molecule has 0 heterocycles. The van der Waals surface area contributed by atoms with Crippen LogP contribution in [0.2, 0.25) is 0 Å². The maximum atomic E-state index is 13.0. The quantitative estimate of drug-likeness (QED) is 0.829. The van der Waals surface area contributed by atoms with Crippen molar-refractivity contribution in [1.82, 2.24) is 0 Å². The Morgan fingerprint density at radius 2 is 1.74 bits per heavy atom. The lowest BCUT2D eigenvalue weighted by Crippen LogP contribution is -2.12. The topological polar surface area (TPSA) is 55.1 Å². The van der Waals surface area contributed by atoms with Crippen molar-refractivity contribution < 1.29 is 13.6 Å². The normalized spacial score (nSPS) is 10.3. The second-order valence-corrected chi connectivity index (χ2v) is 4.70. The Bertz CT molecular complexity index is 626. The number of nitrogens with two attached hydrogens (primary N) is 1. The van der Waals surface area contributed by atoms with E-state index in [0.29, 0.717) is 21.9 Å². The van der Waals surface area contributed by atoms with Crippen molar-refractivity contribution in [2.75, 3.05) is 11.1 Å². The fraction of sp³-hybridized carbons (Fsp3) is 0. The molecule has 19 heavy (non-hydrogen) atoms. The van der Waals surface area contributed by atoms with Gasteiger partial charge >= 0.3 is 0 Å². The smallest absolute Gasteiger partial charge is 0.255 e. The van der Waals surface area contributed by atoms with E-state index in [2.05, 4.69) is 21.2 Å². The Morgan fingerprint density at radius 3 is 2.32 bits per heavy atom. The number of rotatable bonds is 2. The molecule has 2 aromatic rings. The van der Waals surface area contributed by atoms with Gasteiger partial charge in [-0.05, 0) is 46.3 Å². The molecule has 6 heteroatoms. The number of carbonyl (C=O) groups is 1. The standard InChI is InChI=1S/C13H9BrF2N2O/c14-11-2-1-10(6-12(11)17)18-13(19)7-3-8(15)5-9(16)4-7/h1-6H,17H2,(H,18,19). The predicted octanol–water partition coefficient (Wildman–Crippen LogP) is 3.56. The van der Waals surface area contributed by atoms with Crippen LogP contribution in [-0.2, 0) is 0 Å². The van der Waals surface area contributed by atoms with Gasteiger partial charge in [0.2, 0.25) is 0 Å². The van der Waals surface area contributed by atoms with Crippen molar-refractivity contribution >= 4 is 33.2 Å². The van der Waals surface area contributed by atoms with Crippen LogP contribution < -0.4 is 11.1 Å². The van der Waals surface area contributed by atoms with Crippen LogP contribution in [0.25, 0.3) is 0 Å². The molecule has 0 aliphatic rings. The number of hydrogen-bond donors (Lipinski definition) is 2. The molecule has 98 valence electrons. The van der Waals surface area contributed by atoms with E-state index in [9.17, 15) is 13.6 Å². The van der Waals surface area contributed by atoms with Crippen LogP contribution in [-0.4, -0.2) is 5.91 Å². The minimum atomic E-state index is -0.805. The molecule has 3 N–H and O–H groups in total. The summed E-state index contributed by atoms with van der Waals surface area (Å²) in [6.45, 7) is 0. The molecule has 3 nitrogen and oxygen atoms in total. The van der Waals surface area contributed by atoms with Gasteiger partial charge in [-0.2, -0.15) is 0 Å². The minimum absolute atomic E-state index is 0.0982. The summed E-state index contributed by atoms with van der Waals surface area (Å²) >= 11 is 3.22. The highest BCUT2D eigenvalue weighted by Crippen LogP contribution is 2.23. The van der Waals surface area contributed by atoms with E-state index in [1.807, 2.05) is 0 Å². The van der Waals surface area contributed by atoms with E-state index in [1.54, 1.807) is 12.1 Å². The van der Waals surface area contributed by atoms with Gasteiger partial charge in [-0.15, -0.1) is 0 Å². The molecule has 0 unspecified atom stereocenters. The highest BCUT2D eigenvalue weighted by atomic mass is 79.9. The van der Waals surface area contributed by atoms with Gasteiger partial charge < -0.3 is 11.1 Å². The average Bonchev–Trinajstić information content (AvgIpc) is 2.32. The van der Waals surface area contributed by atoms with Gasteiger partial charge in [0.15, 0.2) is 0 Å². The van der Waals surface area contributed by atoms with Crippen molar-refractivity contribution in [3.63, 3.8) is 0 Å². The Hall–Kier alpha value is -1.95. The van der Waals surface area contributed by atoms with Gasteiger partial charge in [-0.25, -0.2) is 8.78 Å². The number of anilines is 2. The van der Waals surface area contributed by atoms with Crippen LogP contribution in [0.5, 0.6) is 0 Å². The Kier molecular flexibility index (Phi) is 3.80. The summed E-state index contributed by atoms with van der Waals surface area (Å²) in [4.78, 5) is 11.8. The van der Waals surface area contributed by atoms with Crippen molar-refractivity contribution in [2.24, 2.45) is 0 Å². The molecule has 2 aromatic carbocycles. The van der Waals surface area contributed by atoms with Crippen LogP contribution in [0.4, 0.5) is 20.2 Å². The van der Waals surface area contributed by atoms with E-state index in [-0.39, 0.29) is 5.56 Å². The van der Waals surface area contributed by atoms with Gasteiger partial charge in [0.05, 0.1) is 0 Å². The molecule has 0 aliphatic heterocycles. The third-order valence-electron chi connectivity index (χ3n) is 2.38. The molecule has 0 saturated heterocycles. The number of hydrogen-bond acceptors (Lipinski definition) is 2. The molecule has 0 atom stereocenters. The zero-order valence-corrected chi connectivity index (χ0v) is 11.2. The zero-order chi connectivity index (χ0) is 14.0. The Morgan fingerprint density at radius 1 is 1.11 bits per heavy atom. The van der Waals surface area contributed by atoms with Crippen molar-refractivity contribution in [1.29, 1.82) is 0 Å². The number of amides is 1. The first-order valence-electron chi connectivity index (χ1n) is 5.28. The van der Waals surface area contributed by atoms with Crippen molar-refractivity contribution in [2.45, 2.75) is 0 Å². The van der Waals surface area contributed by atoms with Crippen molar-refractivity contribution in [3.05, 3.63) is 58.1 Å². The molecule has 0 spiro atoms. The van der Waals surface area contributed by atoms with Gasteiger partial charge in [-0.3, -0.25) is 4.79 Å². The fourth-order valence-electron chi connectivity index (χ4n) is 1.51. The van der Waals surface area contributed by atoms with E-state index >= 15 is 0 Å². The van der Waals surface area contributed by atoms with E-state index < -0.39 is 17.5 Å². The zero-order valence-electron chi connectivity index (χ0n) is 9.58. The van der Waals surface area contributed by atoms with E-state index in [1.165, 1.54) is 6.07 Å². The molecule has 2 rings (SSSR count). The minimum Gasteiger partial charge on any atom is -0.398 e. The summed E-state index contributed by atoms with van der Waals surface area (Å²) in [5.74, 6) is -2.22. The summed E-state index contributed by atoms with van der Waals surface area (Å²) in [5, 5.41) is 2.51. The average molecular weight is 327 g/mol. The van der Waals surface area contributed by atoms with Crippen LogP contribution in [0.3, 0.4) is 0 Å². The predicted molar refractivity (Wildman–Crippen MR) is 72.9 cm³/mol. The molecule has 0 bridgehead atoms. The number of carbonyl (C=O) groups excluding carboxylic acids is 1. The lowest BCUT2D eigenvalue weighted by molar-refractivity contribution is 0.102. The highest BCUT2D eigenvalue weighted by Gasteiger charge is 2.10. The van der Waals surface area contributed by atoms with E-state index in [0.717, 1.165) is 12.1 Å². The molecule has 1 amide bonds. The van der Waals surface area contributed by atoms with Gasteiger partial charge in [0.25, 0.3) is 5.91 Å². The third kappa shape index (κ3) is 3.29. The number of nitrogens with one attached hydrogen (secondary N) is 1. The van der Waals surface area contributed by atoms with Crippen LogP contribution in [0, 0.1) is 11.6 Å². The van der Waals surface area contributed by atoms with Gasteiger partial charge in [0.1, 0.15) is 11.6 Å². The molecule has 0 fully saturated rings. The SMILES string of the molecule is Nc1cc(NC(=O)c2cc(F)cc(F)c2)ccc1Br. The lowest BCUT2D eigenvalue weighted by Gasteiger charge is -2.07. The first-order chi connectivity index (χ1) is 8.95. The lowest BCUT2D eigenvalue weighted by atomic mass is 10.2. The van der Waals surface area contributed by atoms with Crippen LogP contribution >= 0.6 is 15.9 Å². The Balaban J connectivity index is 2.22. The van der Waals surface area contributed by atoms with Crippen LogP contribution in [0.1, 0.15) is 10.4 Å². The molecule has 0 aliphatic carbocycles. The molecule has 0 aromatic heterocycles. The summed E-state index contributed by atoms with van der Waals surface area (Å²) < 4.78 is 26.7. The molecule has 0 radical (unpaired) electrons. The fourth-order valence-corrected chi connectivity index (χ4v) is 1.76. The number of benzene rings is 2. The number of nitrogen functional groups attached to an aromatic ring is 1. The first-order valence-corrected chi connectivity index (χ1v) is 6.07. The third-order valence-corrected chi connectivity index (χ3v) is 3.10. The Labute approximate surface area is 116 Å². The van der Waals surface area contributed by atoms with Gasteiger partial charge in [-0.1, -0.05) is 0 Å². The summed E-state index contributed by atoms with van der Waals surface area (Å²) in [5.41, 5.74) is 6.45. The van der Waals surface area contributed by atoms with Crippen molar-refractivity contribution in [3.8, 4) is 0 Å².